The van der Waals surface area contributed by atoms with Crippen molar-refractivity contribution in [1.29, 1.82) is 5.26 Å². The van der Waals surface area contributed by atoms with Crippen molar-refractivity contribution >= 4 is 46.1 Å². The Kier molecular flexibility index (Phi) is 10.0. The monoisotopic (exact) mass is 771 g/mol. The van der Waals surface area contributed by atoms with E-state index in [0.717, 1.165) is 95.4 Å². The van der Waals surface area contributed by atoms with E-state index in [2.05, 4.69) is 48.7 Å². The number of aromatic nitrogens is 5. The quantitative estimate of drug-likeness (QED) is 0.0886. The average molecular weight is 772 g/mol. The number of imide groups is 1. The zero-order chi connectivity index (χ0) is 39.0. The summed E-state index contributed by atoms with van der Waals surface area (Å²) in [7, 11) is 3.63. The van der Waals surface area contributed by atoms with Crippen LogP contribution in [-0.2, 0) is 19.8 Å². The van der Waals surface area contributed by atoms with Gasteiger partial charge in [0.1, 0.15) is 16.9 Å². The highest BCUT2D eigenvalue weighted by Crippen LogP contribution is 2.55. The second kappa shape index (κ2) is 15.1. The number of hydrogen-bond donors (Lipinski definition) is 3. The zero-order valence-electron chi connectivity index (χ0n) is 31.7. The van der Waals surface area contributed by atoms with Crippen molar-refractivity contribution in [3.8, 4) is 28.0 Å². The highest BCUT2D eigenvalue weighted by Gasteiger charge is 2.52. The maximum absolute atomic E-state index is 13.7. The molecule has 5 aliphatic rings. The lowest BCUT2D eigenvalue weighted by Crippen LogP contribution is -2.59. The number of rotatable bonds is 9. The van der Waals surface area contributed by atoms with Gasteiger partial charge in [0.15, 0.2) is 5.01 Å². The zero-order valence-corrected chi connectivity index (χ0v) is 32.5. The summed E-state index contributed by atoms with van der Waals surface area (Å²) >= 11 is 1.64. The van der Waals surface area contributed by atoms with E-state index in [0.29, 0.717) is 37.1 Å². The molecule has 3 N–H and O–H groups in total. The van der Waals surface area contributed by atoms with Crippen molar-refractivity contribution in [2.75, 3.05) is 32.5 Å². The highest BCUT2D eigenvalue weighted by atomic mass is 32.1. The maximum Gasteiger partial charge on any atom is 0.234 e. The Morgan fingerprint density at radius 2 is 1.84 bits per heavy atom. The van der Waals surface area contributed by atoms with E-state index < -0.39 is 5.92 Å². The Morgan fingerprint density at radius 3 is 2.54 bits per heavy atom. The minimum Gasteiger partial charge on any atom is -0.387 e. The molecule has 0 aromatic carbocycles. The largest absolute Gasteiger partial charge is 0.387 e. The van der Waals surface area contributed by atoms with Gasteiger partial charge in [-0.05, 0) is 93.7 Å². The van der Waals surface area contributed by atoms with Crippen LogP contribution < -0.4 is 16.0 Å². The minimum atomic E-state index is -0.414. The van der Waals surface area contributed by atoms with Crippen LogP contribution in [0.4, 0.5) is 5.69 Å². The average Bonchev–Trinajstić information content (AvgIpc) is 3.90. The normalized spacial score (nSPS) is 24.3. The summed E-state index contributed by atoms with van der Waals surface area (Å²) in [5.74, 6) is -0.0587. The molecule has 1 atom stereocenters. The number of hydrogen-bond acceptors (Lipinski definition) is 11. The molecular formula is C41H45N11O3S. The van der Waals surface area contributed by atoms with Gasteiger partial charge in [0.2, 0.25) is 17.7 Å². The predicted octanol–water partition coefficient (Wildman–Crippen LogP) is 5.19. The molecule has 14 nitrogen and oxygen atoms in total. The molecule has 5 fully saturated rings. The highest BCUT2D eigenvalue weighted by molar-refractivity contribution is 7.14. The van der Waals surface area contributed by atoms with Crippen LogP contribution in [-0.4, -0.2) is 86.0 Å². The molecule has 2 aliphatic heterocycles. The number of nitrogens with zero attached hydrogens (tertiary/aromatic N) is 8. The fourth-order valence-corrected chi connectivity index (χ4v) is 10.0. The van der Waals surface area contributed by atoms with Crippen molar-refractivity contribution in [3.63, 3.8) is 0 Å². The Labute approximate surface area is 329 Å². The van der Waals surface area contributed by atoms with Crippen molar-refractivity contribution < 1.29 is 14.4 Å². The Morgan fingerprint density at radius 1 is 1.07 bits per heavy atom. The molecule has 2 bridgehead atoms. The fraction of sp³-hybridized carbons (Fsp3) is 0.439. The number of pyridine rings is 1. The van der Waals surface area contributed by atoms with Crippen LogP contribution in [0.2, 0.25) is 0 Å². The van der Waals surface area contributed by atoms with E-state index in [1.54, 1.807) is 35.2 Å². The van der Waals surface area contributed by atoms with Crippen LogP contribution in [0, 0.1) is 23.2 Å². The molecule has 288 valence electrons. The third-order valence-corrected chi connectivity index (χ3v) is 13.6. The standard InChI is InChI=1S/C41H45N11O3S/c1-25(29-6-9-35(53)47-37(29)55)4-8-34(44-3)51-18-10-27(11-19-51)36(54)48-41-15-12-40(13-16-41,14-17-41)39-50-49-38(56-39)30-24-45-32(21-31(30)43-2)33-7-5-28-20-26(22-42)23-46-52(28)33/h4-5,7-8,20-21,23-24,27,29H,1,6,9-19H2,2-3H3,(H,43,45)(H,48,54)(H,47,53,55)/b8-4-,44-34+/t29-,40?,41?/m1/s1. The third-order valence-electron chi connectivity index (χ3n) is 12.4. The third kappa shape index (κ3) is 6.98. The van der Waals surface area contributed by atoms with Crippen molar-refractivity contribution in [1.82, 2.24) is 40.3 Å². The molecule has 0 radical (unpaired) electrons. The van der Waals surface area contributed by atoms with E-state index in [9.17, 15) is 19.6 Å². The van der Waals surface area contributed by atoms with Crippen LogP contribution in [0.5, 0.6) is 0 Å². The van der Waals surface area contributed by atoms with Gasteiger partial charge in [-0.25, -0.2) is 4.52 Å². The molecule has 15 heteroatoms. The first kappa shape index (κ1) is 37.2. The van der Waals surface area contributed by atoms with Crippen LogP contribution in [0.1, 0.15) is 74.8 Å². The van der Waals surface area contributed by atoms with Gasteiger partial charge < -0.3 is 15.5 Å². The van der Waals surface area contributed by atoms with Crippen LogP contribution >= 0.6 is 11.3 Å². The molecule has 9 rings (SSSR count). The first-order valence-electron chi connectivity index (χ1n) is 19.3. The molecule has 6 heterocycles. The lowest BCUT2D eigenvalue weighted by atomic mass is 9.57. The summed E-state index contributed by atoms with van der Waals surface area (Å²) in [6.45, 7) is 5.50. The number of amides is 3. The lowest BCUT2D eigenvalue weighted by molar-refractivity contribution is -0.135. The molecular weight excluding hydrogens is 727 g/mol. The number of anilines is 1. The number of fused-ring (bicyclic) bond motifs is 4. The van der Waals surface area contributed by atoms with Crippen LogP contribution in [0.3, 0.4) is 0 Å². The van der Waals surface area contributed by atoms with Gasteiger partial charge in [0, 0.05) is 62.4 Å². The topological polar surface area (TPSA) is 183 Å². The van der Waals surface area contributed by atoms with Crippen molar-refractivity contribution in [2.45, 2.75) is 75.2 Å². The second-order valence-corrected chi connectivity index (χ2v) is 16.5. The number of allylic oxidation sites excluding steroid dienone is 1. The van der Waals surface area contributed by atoms with Crippen molar-refractivity contribution in [3.05, 3.63) is 71.5 Å². The molecule has 0 spiro atoms. The van der Waals surface area contributed by atoms with Crippen molar-refractivity contribution in [2.24, 2.45) is 16.8 Å². The van der Waals surface area contributed by atoms with Gasteiger partial charge in [0.05, 0.1) is 40.1 Å². The molecule has 3 aliphatic carbocycles. The van der Waals surface area contributed by atoms with E-state index >= 15 is 0 Å². The predicted molar refractivity (Wildman–Crippen MR) is 214 cm³/mol. The molecule has 3 saturated carbocycles. The minimum absolute atomic E-state index is 0.0351. The Bertz CT molecular complexity index is 2300. The van der Waals surface area contributed by atoms with E-state index in [1.165, 1.54) is 0 Å². The van der Waals surface area contributed by atoms with E-state index in [4.69, 9.17) is 10.1 Å². The van der Waals surface area contributed by atoms with Gasteiger partial charge in [-0.2, -0.15) is 10.4 Å². The summed E-state index contributed by atoms with van der Waals surface area (Å²) in [5, 5.41) is 34.2. The molecule has 3 amide bonds. The number of likely N-dealkylation sites (tertiary alicyclic amines) is 1. The number of nitriles is 1. The Hall–Kier alpha value is -5.75. The number of piperidine rings is 2. The smallest absolute Gasteiger partial charge is 0.234 e. The fourth-order valence-electron chi connectivity index (χ4n) is 8.87. The molecule has 56 heavy (non-hydrogen) atoms. The number of aliphatic imine (C=N–C) groups is 1. The first-order chi connectivity index (χ1) is 27.1. The lowest BCUT2D eigenvalue weighted by Gasteiger charge is -2.53. The van der Waals surface area contributed by atoms with Crippen LogP contribution in [0.15, 0.2) is 66.0 Å². The summed E-state index contributed by atoms with van der Waals surface area (Å²) < 4.78 is 1.79. The second-order valence-electron chi connectivity index (χ2n) is 15.5. The summed E-state index contributed by atoms with van der Waals surface area (Å²) in [6, 6.07) is 9.82. The van der Waals surface area contributed by atoms with Gasteiger partial charge in [0.25, 0.3) is 0 Å². The molecule has 2 saturated heterocycles. The molecule has 4 aromatic heterocycles. The maximum atomic E-state index is 13.7. The SMILES string of the molecule is C=C(/C=C\C(=N/C)N1CCC(C(=O)NC23CCC(c4nnc(-c5cnc(-c6ccc7cc(C#N)cnn67)cc5NC)s4)(CC2)CC3)CC1)[C@H]1CCC(=O)NC1=O. The van der Waals surface area contributed by atoms with E-state index in [-0.39, 0.29) is 34.6 Å². The molecule has 0 unspecified atom stereocenters. The first-order valence-corrected chi connectivity index (χ1v) is 20.1. The number of amidine groups is 1. The number of carbonyl (C=O) groups is 3. The van der Waals surface area contributed by atoms with Gasteiger partial charge in [-0.3, -0.25) is 29.7 Å². The Balaban J connectivity index is 0.863. The van der Waals surface area contributed by atoms with Gasteiger partial charge in [-0.15, -0.1) is 10.2 Å². The summed E-state index contributed by atoms with van der Waals surface area (Å²) in [4.78, 5) is 48.9. The molecule has 4 aromatic rings. The van der Waals surface area contributed by atoms with Gasteiger partial charge in [-0.1, -0.05) is 24.0 Å². The summed E-state index contributed by atoms with van der Waals surface area (Å²) in [6.07, 6.45) is 15.0. The van der Waals surface area contributed by atoms with Gasteiger partial charge >= 0.3 is 0 Å². The van der Waals surface area contributed by atoms with Crippen LogP contribution in [0.25, 0.3) is 27.5 Å². The summed E-state index contributed by atoms with van der Waals surface area (Å²) in [5.41, 5.74) is 5.15. The van der Waals surface area contributed by atoms with E-state index in [1.807, 2.05) is 43.6 Å². The number of carbonyl (C=O) groups excluding carboxylic acids is 3. The number of nitrogens with one attached hydrogen (secondary N) is 3.